The molecule has 2 aromatic carbocycles. The van der Waals surface area contributed by atoms with Crippen LogP contribution in [-0.4, -0.2) is 18.0 Å². The molecular formula is C22H18N2O2. The number of aromatic nitrogens is 1. The van der Waals surface area contributed by atoms with Crippen LogP contribution in [0.15, 0.2) is 72.9 Å². The number of hydrogen-bond donors (Lipinski definition) is 1. The number of hydrogen-bond acceptors (Lipinski definition) is 3. The molecule has 0 aliphatic carbocycles. The fourth-order valence-electron chi connectivity index (χ4n) is 2.47. The number of ether oxygens (including phenoxy) is 1. The lowest BCUT2D eigenvalue weighted by Gasteiger charge is -2.09. The fourth-order valence-corrected chi connectivity index (χ4v) is 2.47. The zero-order valence-corrected chi connectivity index (χ0v) is 14.4. The Morgan fingerprint density at radius 2 is 1.88 bits per heavy atom. The third-order valence-electron chi connectivity index (χ3n) is 3.69. The third kappa shape index (κ3) is 4.71. The smallest absolute Gasteiger partial charge is 0.228 e. The molecule has 4 heteroatoms. The Balaban J connectivity index is 1.69. The Labute approximate surface area is 152 Å². The molecule has 4 nitrogen and oxygen atoms in total. The Kier molecular flexibility index (Phi) is 5.64. The number of amides is 1. The lowest BCUT2D eigenvalue weighted by molar-refractivity contribution is -0.115. The van der Waals surface area contributed by atoms with Crippen molar-refractivity contribution in [2.75, 3.05) is 12.4 Å². The van der Waals surface area contributed by atoms with E-state index >= 15 is 0 Å². The number of methoxy groups -OCH3 is 1. The number of pyridine rings is 1. The van der Waals surface area contributed by atoms with E-state index in [1.54, 1.807) is 13.3 Å². The summed E-state index contributed by atoms with van der Waals surface area (Å²) in [6.45, 7) is 0. The Morgan fingerprint density at radius 3 is 2.69 bits per heavy atom. The van der Waals surface area contributed by atoms with Crippen LogP contribution in [-0.2, 0) is 11.2 Å². The fraction of sp³-hybridized carbons (Fsp3) is 0.0909. The molecular weight excluding hydrogens is 324 g/mol. The number of anilines is 1. The number of benzene rings is 2. The average molecular weight is 342 g/mol. The van der Waals surface area contributed by atoms with Gasteiger partial charge in [0, 0.05) is 23.0 Å². The second-order valence-electron chi connectivity index (χ2n) is 5.58. The van der Waals surface area contributed by atoms with Gasteiger partial charge in [-0.1, -0.05) is 36.3 Å². The molecule has 0 aliphatic rings. The van der Waals surface area contributed by atoms with Gasteiger partial charge in [-0.15, -0.1) is 0 Å². The van der Waals surface area contributed by atoms with E-state index in [1.807, 2.05) is 66.7 Å². The molecule has 0 unspecified atom stereocenters. The van der Waals surface area contributed by atoms with Crippen molar-refractivity contribution >= 4 is 11.6 Å². The summed E-state index contributed by atoms with van der Waals surface area (Å²) in [4.78, 5) is 16.5. The van der Waals surface area contributed by atoms with E-state index in [1.165, 1.54) is 0 Å². The van der Waals surface area contributed by atoms with E-state index < -0.39 is 0 Å². The predicted molar refractivity (Wildman–Crippen MR) is 102 cm³/mol. The summed E-state index contributed by atoms with van der Waals surface area (Å²) in [6.07, 6.45) is 1.95. The van der Waals surface area contributed by atoms with E-state index in [2.05, 4.69) is 22.1 Å². The van der Waals surface area contributed by atoms with Crippen LogP contribution in [0.3, 0.4) is 0 Å². The first kappa shape index (κ1) is 17.2. The second-order valence-corrected chi connectivity index (χ2v) is 5.58. The zero-order chi connectivity index (χ0) is 18.2. The maximum atomic E-state index is 12.3. The maximum absolute atomic E-state index is 12.3. The Morgan fingerprint density at radius 1 is 1.04 bits per heavy atom. The number of para-hydroxylation sites is 1. The van der Waals surface area contributed by atoms with Crippen LogP contribution in [0.1, 0.15) is 16.8 Å². The molecule has 0 fully saturated rings. The van der Waals surface area contributed by atoms with Crippen LogP contribution in [0.25, 0.3) is 0 Å². The summed E-state index contributed by atoms with van der Waals surface area (Å²) in [6, 6.07) is 20.5. The minimum Gasteiger partial charge on any atom is -0.496 e. The molecule has 3 rings (SSSR count). The molecule has 0 atom stereocenters. The largest absolute Gasteiger partial charge is 0.496 e. The standard InChI is InChI=1S/C22H18N2O2/c1-26-21-11-3-2-8-18(21)16-22(25)24-20-10-6-7-17(15-20)12-13-19-9-4-5-14-23-19/h2-11,14-15H,16H2,1H3,(H,24,25). The van der Waals surface area contributed by atoms with Crippen LogP contribution in [0.5, 0.6) is 5.75 Å². The molecule has 0 aliphatic heterocycles. The van der Waals surface area contributed by atoms with Gasteiger partial charge in [-0.3, -0.25) is 4.79 Å². The summed E-state index contributed by atoms with van der Waals surface area (Å²) in [5.41, 5.74) is 3.07. The van der Waals surface area contributed by atoms with E-state index in [0.29, 0.717) is 17.1 Å². The molecule has 1 amide bonds. The zero-order valence-electron chi connectivity index (χ0n) is 14.4. The SMILES string of the molecule is COc1ccccc1CC(=O)Nc1cccc(C#Cc2ccccn2)c1. The Bertz CT molecular complexity index is 956. The molecule has 0 bridgehead atoms. The van der Waals surface area contributed by atoms with Gasteiger partial charge in [-0.25, -0.2) is 4.98 Å². The third-order valence-corrected chi connectivity index (χ3v) is 3.69. The summed E-state index contributed by atoms with van der Waals surface area (Å²) in [7, 11) is 1.60. The van der Waals surface area contributed by atoms with Crippen molar-refractivity contribution < 1.29 is 9.53 Å². The van der Waals surface area contributed by atoms with Crippen molar-refractivity contribution in [3.63, 3.8) is 0 Å². The summed E-state index contributed by atoms with van der Waals surface area (Å²) >= 11 is 0. The lowest BCUT2D eigenvalue weighted by Crippen LogP contribution is -2.14. The molecule has 0 radical (unpaired) electrons. The van der Waals surface area contributed by atoms with Gasteiger partial charge in [0.15, 0.2) is 0 Å². The molecule has 1 aromatic heterocycles. The van der Waals surface area contributed by atoms with Crippen molar-refractivity contribution in [2.45, 2.75) is 6.42 Å². The van der Waals surface area contributed by atoms with Crippen LogP contribution >= 0.6 is 0 Å². The average Bonchev–Trinajstić information content (AvgIpc) is 2.68. The normalized spacial score (nSPS) is 9.73. The number of carbonyl (C=O) groups is 1. The molecule has 0 saturated carbocycles. The maximum Gasteiger partial charge on any atom is 0.228 e. The second kappa shape index (κ2) is 8.50. The van der Waals surface area contributed by atoms with E-state index in [4.69, 9.17) is 4.74 Å². The van der Waals surface area contributed by atoms with Gasteiger partial charge in [0.25, 0.3) is 0 Å². The first-order valence-electron chi connectivity index (χ1n) is 8.19. The molecule has 0 saturated heterocycles. The molecule has 3 aromatic rings. The molecule has 1 heterocycles. The minimum atomic E-state index is -0.107. The molecule has 0 spiro atoms. The van der Waals surface area contributed by atoms with Gasteiger partial charge in [-0.05, 0) is 42.3 Å². The van der Waals surface area contributed by atoms with Crippen LogP contribution < -0.4 is 10.1 Å². The monoisotopic (exact) mass is 342 g/mol. The van der Waals surface area contributed by atoms with E-state index in [0.717, 1.165) is 11.1 Å². The van der Waals surface area contributed by atoms with Gasteiger partial charge >= 0.3 is 0 Å². The molecule has 26 heavy (non-hydrogen) atoms. The quantitative estimate of drug-likeness (QED) is 0.736. The molecule has 1 N–H and O–H groups in total. The van der Waals surface area contributed by atoms with Crippen molar-refractivity contribution in [3.8, 4) is 17.6 Å². The summed E-state index contributed by atoms with van der Waals surface area (Å²) < 4.78 is 5.29. The van der Waals surface area contributed by atoms with Gasteiger partial charge in [0.1, 0.15) is 11.4 Å². The number of carbonyl (C=O) groups excluding carboxylic acids is 1. The first-order valence-corrected chi connectivity index (χ1v) is 8.19. The number of nitrogens with one attached hydrogen (secondary N) is 1. The van der Waals surface area contributed by atoms with Gasteiger partial charge in [0.05, 0.1) is 13.5 Å². The topological polar surface area (TPSA) is 51.2 Å². The molecule has 128 valence electrons. The first-order chi connectivity index (χ1) is 12.7. The predicted octanol–water partition coefficient (Wildman–Crippen LogP) is 3.67. The van der Waals surface area contributed by atoms with Crippen molar-refractivity contribution in [1.82, 2.24) is 4.98 Å². The van der Waals surface area contributed by atoms with Crippen LogP contribution in [0.2, 0.25) is 0 Å². The highest BCUT2D eigenvalue weighted by molar-refractivity contribution is 5.92. The van der Waals surface area contributed by atoms with Crippen LogP contribution in [0, 0.1) is 11.8 Å². The van der Waals surface area contributed by atoms with Crippen LogP contribution in [0.4, 0.5) is 5.69 Å². The number of nitrogens with zero attached hydrogens (tertiary/aromatic N) is 1. The van der Waals surface area contributed by atoms with Gasteiger partial charge in [0.2, 0.25) is 5.91 Å². The van der Waals surface area contributed by atoms with E-state index in [-0.39, 0.29) is 12.3 Å². The van der Waals surface area contributed by atoms with E-state index in [9.17, 15) is 4.79 Å². The van der Waals surface area contributed by atoms with Crippen molar-refractivity contribution in [3.05, 3.63) is 89.7 Å². The Hall–Kier alpha value is -3.58. The highest BCUT2D eigenvalue weighted by Crippen LogP contribution is 2.18. The van der Waals surface area contributed by atoms with Crippen molar-refractivity contribution in [2.24, 2.45) is 0 Å². The lowest BCUT2D eigenvalue weighted by atomic mass is 10.1. The summed E-state index contributed by atoms with van der Waals surface area (Å²) in [5.74, 6) is 6.66. The minimum absolute atomic E-state index is 0.107. The van der Waals surface area contributed by atoms with Crippen molar-refractivity contribution in [1.29, 1.82) is 0 Å². The highest BCUT2D eigenvalue weighted by atomic mass is 16.5. The number of rotatable bonds is 4. The van der Waals surface area contributed by atoms with Gasteiger partial charge in [-0.2, -0.15) is 0 Å². The van der Waals surface area contributed by atoms with Gasteiger partial charge < -0.3 is 10.1 Å². The highest BCUT2D eigenvalue weighted by Gasteiger charge is 2.08. The summed E-state index contributed by atoms with van der Waals surface area (Å²) in [5, 5.41) is 2.90.